The lowest BCUT2D eigenvalue weighted by molar-refractivity contribution is -0.120. The Morgan fingerprint density at radius 3 is 2.69 bits per heavy atom. The van der Waals surface area contributed by atoms with Crippen LogP contribution in [0.2, 0.25) is 5.02 Å². The molecule has 0 saturated carbocycles. The summed E-state index contributed by atoms with van der Waals surface area (Å²) in [7, 11) is -3.49. The molecule has 1 aromatic carbocycles. The first-order valence-corrected chi connectivity index (χ1v) is 11.2. The van der Waals surface area contributed by atoms with Crippen molar-refractivity contribution in [3.63, 3.8) is 0 Å². The third-order valence-electron chi connectivity index (χ3n) is 4.52. The summed E-state index contributed by atoms with van der Waals surface area (Å²) >= 11 is 5.95. The molecule has 1 aromatic rings. The number of hydrogen-bond acceptors (Lipinski definition) is 3. The van der Waals surface area contributed by atoms with E-state index < -0.39 is 10.0 Å². The van der Waals surface area contributed by atoms with Crippen molar-refractivity contribution in [1.29, 1.82) is 0 Å². The molecule has 144 valence electrons. The number of benzene rings is 1. The highest BCUT2D eigenvalue weighted by molar-refractivity contribution is 7.92. The summed E-state index contributed by atoms with van der Waals surface area (Å²) in [5.74, 6) is -0.137. The summed E-state index contributed by atoms with van der Waals surface area (Å²) in [5.41, 5.74) is 2.72. The largest absolute Gasteiger partial charge is 0.356 e. The Labute approximate surface area is 161 Å². The maximum atomic E-state index is 12.2. The van der Waals surface area contributed by atoms with E-state index >= 15 is 0 Å². The van der Waals surface area contributed by atoms with Crippen LogP contribution in [-0.4, -0.2) is 33.7 Å². The summed E-state index contributed by atoms with van der Waals surface area (Å²) < 4.78 is 25.6. The van der Waals surface area contributed by atoms with Crippen LogP contribution in [0.5, 0.6) is 0 Å². The molecule has 1 amide bonds. The van der Waals surface area contributed by atoms with Crippen molar-refractivity contribution in [1.82, 2.24) is 5.32 Å². The molecule has 0 heterocycles. The molecule has 0 bridgehead atoms. The first kappa shape index (κ1) is 20.8. The molecule has 26 heavy (non-hydrogen) atoms. The minimum Gasteiger partial charge on any atom is -0.356 e. The van der Waals surface area contributed by atoms with Crippen LogP contribution in [0.3, 0.4) is 0 Å². The lowest BCUT2D eigenvalue weighted by Gasteiger charge is -2.24. The third kappa shape index (κ3) is 6.32. The zero-order chi connectivity index (χ0) is 19.2. The van der Waals surface area contributed by atoms with Crippen LogP contribution in [-0.2, 0) is 14.8 Å². The molecular weight excluding hydrogens is 372 g/mol. The number of anilines is 1. The van der Waals surface area contributed by atoms with Gasteiger partial charge in [0.2, 0.25) is 15.9 Å². The Kier molecular flexibility index (Phi) is 7.53. The monoisotopic (exact) mass is 398 g/mol. The zero-order valence-electron chi connectivity index (χ0n) is 15.4. The molecule has 0 spiro atoms. The van der Waals surface area contributed by atoms with E-state index in [2.05, 4.69) is 11.4 Å². The molecule has 0 radical (unpaired) electrons. The van der Waals surface area contributed by atoms with Gasteiger partial charge >= 0.3 is 0 Å². The molecule has 0 fully saturated rings. The number of hydrogen-bond donors (Lipinski definition) is 1. The Hall–Kier alpha value is -1.53. The SMILES string of the molecule is Cc1cc(Cl)ccc1N(CCC(=O)NCCC1=CCCCC1)S(C)(=O)=O. The van der Waals surface area contributed by atoms with Crippen molar-refractivity contribution >= 4 is 33.2 Å². The van der Waals surface area contributed by atoms with Gasteiger partial charge in [0.05, 0.1) is 11.9 Å². The van der Waals surface area contributed by atoms with Crippen LogP contribution in [0.25, 0.3) is 0 Å². The summed E-state index contributed by atoms with van der Waals surface area (Å²) in [5, 5.41) is 3.44. The highest BCUT2D eigenvalue weighted by atomic mass is 35.5. The highest BCUT2D eigenvalue weighted by Gasteiger charge is 2.20. The van der Waals surface area contributed by atoms with Gasteiger partial charge in [-0.1, -0.05) is 23.3 Å². The highest BCUT2D eigenvalue weighted by Crippen LogP contribution is 2.25. The summed E-state index contributed by atoms with van der Waals surface area (Å²) in [6.45, 7) is 2.51. The fourth-order valence-corrected chi connectivity index (χ4v) is 4.36. The standard InChI is InChI=1S/C19H27ClN2O3S/c1-15-14-17(20)8-9-18(15)22(26(2,24)25)13-11-19(23)21-12-10-16-6-4-3-5-7-16/h6,8-9,14H,3-5,7,10-13H2,1-2H3,(H,21,23). The van der Waals surface area contributed by atoms with Gasteiger partial charge in [-0.2, -0.15) is 0 Å². The van der Waals surface area contributed by atoms with Crippen molar-refractivity contribution in [2.24, 2.45) is 0 Å². The minimum atomic E-state index is -3.49. The molecule has 5 nitrogen and oxygen atoms in total. The van der Waals surface area contributed by atoms with E-state index in [0.717, 1.165) is 31.1 Å². The zero-order valence-corrected chi connectivity index (χ0v) is 17.0. The van der Waals surface area contributed by atoms with Gasteiger partial charge in [-0.25, -0.2) is 8.42 Å². The first-order chi connectivity index (χ1) is 12.3. The number of carbonyl (C=O) groups excluding carboxylic acids is 1. The lowest BCUT2D eigenvalue weighted by atomic mass is 9.97. The van der Waals surface area contributed by atoms with E-state index in [4.69, 9.17) is 11.6 Å². The van der Waals surface area contributed by atoms with Crippen molar-refractivity contribution in [3.8, 4) is 0 Å². The van der Waals surface area contributed by atoms with Gasteiger partial charge in [-0.15, -0.1) is 0 Å². The van der Waals surface area contributed by atoms with Crippen LogP contribution in [0.1, 0.15) is 44.1 Å². The predicted octanol–water partition coefficient (Wildman–Crippen LogP) is 3.81. The third-order valence-corrected chi connectivity index (χ3v) is 5.94. The van der Waals surface area contributed by atoms with E-state index in [9.17, 15) is 13.2 Å². The summed E-state index contributed by atoms with van der Waals surface area (Å²) in [6.07, 6.45) is 9.14. The van der Waals surface area contributed by atoms with Gasteiger partial charge in [-0.05, 0) is 62.8 Å². The lowest BCUT2D eigenvalue weighted by Crippen LogP contribution is -2.35. The van der Waals surface area contributed by atoms with Crippen LogP contribution in [0.4, 0.5) is 5.69 Å². The predicted molar refractivity (Wildman–Crippen MR) is 107 cm³/mol. The van der Waals surface area contributed by atoms with Crippen molar-refractivity contribution in [2.45, 2.75) is 45.4 Å². The van der Waals surface area contributed by atoms with Gasteiger partial charge in [0.25, 0.3) is 0 Å². The Morgan fingerprint density at radius 1 is 1.31 bits per heavy atom. The van der Waals surface area contributed by atoms with Crippen LogP contribution < -0.4 is 9.62 Å². The number of sulfonamides is 1. The Bertz CT molecular complexity index is 775. The van der Waals surface area contributed by atoms with E-state index in [-0.39, 0.29) is 18.9 Å². The average molecular weight is 399 g/mol. The summed E-state index contributed by atoms with van der Waals surface area (Å²) in [4.78, 5) is 12.1. The van der Waals surface area contributed by atoms with E-state index in [1.807, 2.05) is 0 Å². The van der Waals surface area contributed by atoms with E-state index in [1.54, 1.807) is 25.1 Å². The first-order valence-electron chi connectivity index (χ1n) is 8.96. The van der Waals surface area contributed by atoms with Gasteiger partial charge in [0, 0.05) is 24.5 Å². The number of amides is 1. The van der Waals surface area contributed by atoms with E-state index in [1.165, 1.54) is 22.7 Å². The van der Waals surface area contributed by atoms with Crippen LogP contribution >= 0.6 is 11.6 Å². The maximum Gasteiger partial charge on any atom is 0.232 e. The molecule has 0 aliphatic heterocycles. The number of allylic oxidation sites excluding steroid dienone is 1. The second kappa shape index (κ2) is 9.42. The maximum absolute atomic E-state index is 12.2. The topological polar surface area (TPSA) is 66.5 Å². The number of nitrogens with one attached hydrogen (secondary N) is 1. The molecule has 0 saturated heterocycles. The molecule has 2 rings (SSSR count). The molecule has 1 aliphatic carbocycles. The van der Waals surface area contributed by atoms with E-state index in [0.29, 0.717) is 17.3 Å². The van der Waals surface area contributed by atoms with Gasteiger partial charge in [0.1, 0.15) is 0 Å². The smallest absolute Gasteiger partial charge is 0.232 e. The molecule has 7 heteroatoms. The Morgan fingerprint density at radius 2 is 2.08 bits per heavy atom. The molecule has 0 unspecified atom stereocenters. The quantitative estimate of drug-likeness (QED) is 0.677. The normalized spacial score (nSPS) is 14.7. The number of aryl methyl sites for hydroxylation is 1. The molecule has 0 aromatic heterocycles. The number of nitrogens with zero attached hydrogens (tertiary/aromatic N) is 1. The van der Waals surface area contributed by atoms with Crippen molar-refractivity contribution in [3.05, 3.63) is 40.4 Å². The number of rotatable bonds is 8. The number of carbonyl (C=O) groups is 1. The van der Waals surface area contributed by atoms with Crippen LogP contribution in [0, 0.1) is 6.92 Å². The fraction of sp³-hybridized carbons (Fsp3) is 0.526. The van der Waals surface area contributed by atoms with Gasteiger partial charge < -0.3 is 5.32 Å². The van der Waals surface area contributed by atoms with Crippen molar-refractivity contribution in [2.75, 3.05) is 23.7 Å². The van der Waals surface area contributed by atoms with Gasteiger partial charge in [-0.3, -0.25) is 9.10 Å². The molecule has 1 aliphatic rings. The van der Waals surface area contributed by atoms with Crippen molar-refractivity contribution < 1.29 is 13.2 Å². The molecular formula is C19H27ClN2O3S. The molecule has 0 atom stereocenters. The Balaban J connectivity index is 1.90. The second-order valence-electron chi connectivity index (χ2n) is 6.72. The second-order valence-corrected chi connectivity index (χ2v) is 9.07. The van der Waals surface area contributed by atoms with Crippen LogP contribution in [0.15, 0.2) is 29.8 Å². The minimum absolute atomic E-state index is 0.107. The average Bonchev–Trinajstić information content (AvgIpc) is 2.56. The molecule has 1 N–H and O–H groups in total. The number of halogens is 1. The summed E-state index contributed by atoms with van der Waals surface area (Å²) in [6, 6.07) is 5.04. The fourth-order valence-electron chi connectivity index (χ4n) is 3.15. The van der Waals surface area contributed by atoms with Gasteiger partial charge in [0.15, 0.2) is 0 Å².